The second kappa shape index (κ2) is 9.86. The van der Waals surface area contributed by atoms with Gasteiger partial charge in [-0.25, -0.2) is 9.59 Å². The van der Waals surface area contributed by atoms with Gasteiger partial charge >= 0.3 is 12.0 Å². The van der Waals surface area contributed by atoms with Crippen molar-refractivity contribution in [3.63, 3.8) is 0 Å². The molecule has 0 fully saturated rings. The summed E-state index contributed by atoms with van der Waals surface area (Å²) in [5.41, 5.74) is 0.841. The van der Waals surface area contributed by atoms with E-state index in [1.807, 2.05) is 0 Å². The molecule has 0 aliphatic heterocycles. The first kappa shape index (κ1) is 20.6. The second-order valence-corrected chi connectivity index (χ2v) is 5.72. The molecule has 0 saturated carbocycles. The summed E-state index contributed by atoms with van der Waals surface area (Å²) >= 11 is 0. The van der Waals surface area contributed by atoms with Crippen molar-refractivity contribution in [2.75, 3.05) is 13.7 Å². The smallest absolute Gasteiger partial charge is 0.345 e. The highest BCUT2D eigenvalue weighted by Gasteiger charge is 2.26. The molecular weight excluding hydrogens is 364 g/mol. The quantitative estimate of drug-likeness (QED) is 0.558. The number of carbonyl (C=O) groups is 4. The Labute approximate surface area is 161 Å². The number of nitrogens with one attached hydrogen (secondary N) is 2. The fourth-order valence-electron chi connectivity index (χ4n) is 2.25. The van der Waals surface area contributed by atoms with E-state index in [1.54, 1.807) is 48.5 Å². The zero-order chi connectivity index (χ0) is 20.5. The van der Waals surface area contributed by atoms with Gasteiger partial charge in [-0.1, -0.05) is 42.5 Å². The van der Waals surface area contributed by atoms with E-state index in [1.165, 1.54) is 20.0 Å². The molecule has 0 bridgehead atoms. The minimum atomic E-state index is -1.32. The van der Waals surface area contributed by atoms with Crippen molar-refractivity contribution in [3.8, 4) is 5.75 Å². The molecule has 8 heteroatoms. The Bertz CT molecular complexity index is 866. The molecule has 1 atom stereocenters. The number of Topliss-reactive ketones (excluding diaryl/α,β-unsaturated/α-hetero) is 1. The highest BCUT2D eigenvalue weighted by atomic mass is 16.6. The highest BCUT2D eigenvalue weighted by molar-refractivity contribution is 5.97. The minimum absolute atomic E-state index is 0.136. The van der Waals surface area contributed by atoms with Crippen molar-refractivity contribution < 1.29 is 28.7 Å². The third kappa shape index (κ3) is 5.94. The molecular formula is C20H20N2O6. The van der Waals surface area contributed by atoms with Crippen LogP contribution >= 0.6 is 0 Å². The average Bonchev–Trinajstić information content (AvgIpc) is 2.71. The number of urea groups is 1. The maximum absolute atomic E-state index is 12.3. The summed E-state index contributed by atoms with van der Waals surface area (Å²) < 4.78 is 10.6. The van der Waals surface area contributed by atoms with Crippen LogP contribution in [-0.4, -0.2) is 37.3 Å². The van der Waals surface area contributed by atoms with E-state index >= 15 is 0 Å². The molecule has 0 heterocycles. The van der Waals surface area contributed by atoms with Gasteiger partial charge < -0.3 is 14.8 Å². The lowest BCUT2D eigenvalue weighted by Gasteiger charge is -2.17. The van der Waals surface area contributed by atoms with Gasteiger partial charge in [-0.2, -0.15) is 0 Å². The number of benzene rings is 2. The lowest BCUT2D eigenvalue weighted by molar-refractivity contribution is -0.158. The number of esters is 1. The zero-order valence-corrected chi connectivity index (χ0v) is 15.4. The summed E-state index contributed by atoms with van der Waals surface area (Å²) in [4.78, 5) is 47.3. The van der Waals surface area contributed by atoms with Gasteiger partial charge in [0.1, 0.15) is 5.75 Å². The van der Waals surface area contributed by atoms with Crippen molar-refractivity contribution in [2.45, 2.75) is 13.0 Å². The standard InChI is InChI=1S/C20H20N2O6/c1-13(23)15-9-6-10-16(11-15)27-12-17(24)28-18(14-7-4-3-5-8-14)19(25)22-20(26)21-2/h3-11,18H,12H2,1-2H3,(H2,21,22,25,26)/t18-/m1/s1. The number of ketones is 1. The first-order chi connectivity index (χ1) is 13.4. The molecule has 3 amide bonds. The lowest BCUT2D eigenvalue weighted by Crippen LogP contribution is -2.41. The molecule has 0 unspecified atom stereocenters. The second-order valence-electron chi connectivity index (χ2n) is 5.72. The minimum Gasteiger partial charge on any atom is -0.482 e. The number of rotatable bonds is 7. The predicted molar refractivity (Wildman–Crippen MR) is 99.8 cm³/mol. The van der Waals surface area contributed by atoms with Crippen LogP contribution in [0.15, 0.2) is 54.6 Å². The summed E-state index contributed by atoms with van der Waals surface area (Å²) in [6.45, 7) is 0.945. The Balaban J connectivity index is 2.05. The lowest BCUT2D eigenvalue weighted by atomic mass is 10.1. The van der Waals surface area contributed by atoms with Crippen molar-refractivity contribution in [3.05, 3.63) is 65.7 Å². The number of amides is 3. The fourth-order valence-corrected chi connectivity index (χ4v) is 2.25. The monoisotopic (exact) mass is 384 g/mol. The largest absolute Gasteiger partial charge is 0.482 e. The average molecular weight is 384 g/mol. The van der Waals surface area contributed by atoms with Gasteiger partial charge in [-0.15, -0.1) is 0 Å². The van der Waals surface area contributed by atoms with Gasteiger partial charge in [-0.05, 0) is 19.1 Å². The van der Waals surface area contributed by atoms with Crippen molar-refractivity contribution in [1.29, 1.82) is 0 Å². The van der Waals surface area contributed by atoms with Crippen LogP contribution in [0, 0.1) is 0 Å². The van der Waals surface area contributed by atoms with Crippen LogP contribution < -0.4 is 15.4 Å². The molecule has 0 aliphatic rings. The SMILES string of the molecule is CNC(=O)NC(=O)[C@H](OC(=O)COc1cccc(C(C)=O)c1)c1ccccc1. The predicted octanol–water partition coefficient (Wildman–Crippen LogP) is 2.01. The van der Waals surface area contributed by atoms with Crippen molar-refractivity contribution in [2.24, 2.45) is 0 Å². The maximum Gasteiger partial charge on any atom is 0.345 e. The zero-order valence-electron chi connectivity index (χ0n) is 15.4. The first-order valence-electron chi connectivity index (χ1n) is 8.41. The Morgan fingerprint density at radius 1 is 1.00 bits per heavy atom. The van der Waals surface area contributed by atoms with E-state index in [2.05, 4.69) is 10.6 Å². The molecule has 0 aromatic heterocycles. The normalized spacial score (nSPS) is 11.1. The molecule has 0 radical (unpaired) electrons. The fraction of sp³-hybridized carbons (Fsp3) is 0.200. The molecule has 28 heavy (non-hydrogen) atoms. The van der Waals surface area contributed by atoms with Crippen LogP contribution in [-0.2, 0) is 14.3 Å². The number of imide groups is 1. The topological polar surface area (TPSA) is 111 Å². The molecule has 2 rings (SSSR count). The molecule has 146 valence electrons. The van der Waals surface area contributed by atoms with Crippen LogP contribution in [0.2, 0.25) is 0 Å². The van der Waals surface area contributed by atoms with Gasteiger partial charge in [0.2, 0.25) is 6.10 Å². The van der Waals surface area contributed by atoms with Crippen LogP contribution in [0.25, 0.3) is 0 Å². The van der Waals surface area contributed by atoms with Crippen LogP contribution in [0.5, 0.6) is 5.75 Å². The summed E-state index contributed by atoms with van der Waals surface area (Å²) in [7, 11) is 1.36. The van der Waals surface area contributed by atoms with Gasteiger partial charge in [0.25, 0.3) is 5.91 Å². The summed E-state index contributed by atoms with van der Waals surface area (Å²) in [5, 5.41) is 4.34. The summed E-state index contributed by atoms with van der Waals surface area (Å²) in [5.74, 6) is -1.43. The number of hydrogen-bond acceptors (Lipinski definition) is 6. The summed E-state index contributed by atoms with van der Waals surface area (Å²) in [6, 6.07) is 13.9. The molecule has 0 saturated heterocycles. The third-order valence-corrected chi connectivity index (χ3v) is 3.65. The Morgan fingerprint density at radius 2 is 1.71 bits per heavy atom. The number of hydrogen-bond donors (Lipinski definition) is 2. The van der Waals surface area contributed by atoms with Gasteiger partial charge in [-0.3, -0.25) is 14.9 Å². The summed E-state index contributed by atoms with van der Waals surface area (Å²) in [6.07, 6.45) is -1.32. The van der Waals surface area contributed by atoms with E-state index in [0.717, 1.165) is 0 Å². The van der Waals surface area contributed by atoms with Gasteiger partial charge in [0.15, 0.2) is 12.4 Å². The van der Waals surface area contributed by atoms with E-state index in [0.29, 0.717) is 16.9 Å². The molecule has 0 aliphatic carbocycles. The van der Waals surface area contributed by atoms with Crippen LogP contribution in [0.3, 0.4) is 0 Å². The molecule has 2 aromatic rings. The Kier molecular flexibility index (Phi) is 7.27. The number of carbonyl (C=O) groups excluding carboxylic acids is 4. The van der Waals surface area contributed by atoms with E-state index in [4.69, 9.17) is 9.47 Å². The molecule has 2 aromatic carbocycles. The highest BCUT2D eigenvalue weighted by Crippen LogP contribution is 2.19. The molecule has 8 nitrogen and oxygen atoms in total. The van der Waals surface area contributed by atoms with E-state index in [-0.39, 0.29) is 5.78 Å². The van der Waals surface area contributed by atoms with Crippen molar-refractivity contribution >= 4 is 23.7 Å². The van der Waals surface area contributed by atoms with Crippen LogP contribution in [0.4, 0.5) is 4.79 Å². The van der Waals surface area contributed by atoms with E-state index in [9.17, 15) is 19.2 Å². The molecule has 2 N–H and O–H groups in total. The van der Waals surface area contributed by atoms with Crippen LogP contribution in [0.1, 0.15) is 28.9 Å². The molecule has 0 spiro atoms. The third-order valence-electron chi connectivity index (χ3n) is 3.65. The van der Waals surface area contributed by atoms with Gasteiger partial charge in [0, 0.05) is 18.2 Å². The van der Waals surface area contributed by atoms with Gasteiger partial charge in [0.05, 0.1) is 0 Å². The Hall–Kier alpha value is -3.68. The van der Waals surface area contributed by atoms with Crippen molar-refractivity contribution in [1.82, 2.24) is 10.6 Å². The maximum atomic E-state index is 12.3. The Morgan fingerprint density at radius 3 is 2.36 bits per heavy atom. The number of ether oxygens (including phenoxy) is 2. The van der Waals surface area contributed by atoms with E-state index < -0.39 is 30.6 Å². The first-order valence-corrected chi connectivity index (χ1v) is 8.41.